The zero-order valence-corrected chi connectivity index (χ0v) is 13.4. The van der Waals surface area contributed by atoms with Gasteiger partial charge in [0.15, 0.2) is 5.16 Å². The SMILES string of the molecule is CSc1nc(-c2cc(Cl)c(C)c([N+](=O)[O-])c2O)c(C#N)c(=O)[nH]1. The largest absolute Gasteiger partial charge is 0.502 e. The van der Waals surface area contributed by atoms with Gasteiger partial charge in [-0.1, -0.05) is 23.4 Å². The zero-order chi connectivity index (χ0) is 17.3. The van der Waals surface area contributed by atoms with Crippen LogP contribution in [0.25, 0.3) is 11.3 Å². The van der Waals surface area contributed by atoms with Gasteiger partial charge in [-0.25, -0.2) is 4.98 Å². The maximum atomic E-state index is 11.9. The first-order valence-electron chi connectivity index (χ1n) is 6.07. The summed E-state index contributed by atoms with van der Waals surface area (Å²) in [6.45, 7) is 1.38. The second-order valence-electron chi connectivity index (χ2n) is 4.40. The molecule has 0 bridgehead atoms. The van der Waals surface area contributed by atoms with Crippen molar-refractivity contribution in [3.63, 3.8) is 0 Å². The van der Waals surface area contributed by atoms with Crippen LogP contribution in [0.5, 0.6) is 5.75 Å². The molecular weight excluding hydrogens is 344 g/mol. The van der Waals surface area contributed by atoms with E-state index in [0.29, 0.717) is 0 Å². The number of nitrogens with one attached hydrogen (secondary N) is 1. The van der Waals surface area contributed by atoms with Crippen molar-refractivity contribution in [2.45, 2.75) is 12.1 Å². The molecule has 1 heterocycles. The standard InChI is InChI=1S/C13H9ClN4O4S/c1-5-8(14)3-6(11(19)10(5)18(21)22)9-7(4-15)12(20)17-13(16-9)23-2/h3,19H,1-2H3,(H,16,17,20). The molecule has 118 valence electrons. The van der Waals surface area contributed by atoms with Crippen LogP contribution >= 0.6 is 23.4 Å². The summed E-state index contributed by atoms with van der Waals surface area (Å²) in [6, 6.07) is 2.93. The number of H-pyrrole nitrogens is 1. The third kappa shape index (κ3) is 2.86. The van der Waals surface area contributed by atoms with Crippen LogP contribution in [-0.4, -0.2) is 26.3 Å². The maximum absolute atomic E-state index is 11.9. The van der Waals surface area contributed by atoms with Crippen molar-refractivity contribution in [2.24, 2.45) is 0 Å². The Bertz CT molecular complexity index is 920. The number of hydrogen-bond donors (Lipinski definition) is 2. The van der Waals surface area contributed by atoms with Gasteiger partial charge >= 0.3 is 5.69 Å². The van der Waals surface area contributed by atoms with E-state index in [-0.39, 0.29) is 32.6 Å². The highest BCUT2D eigenvalue weighted by Gasteiger charge is 2.27. The van der Waals surface area contributed by atoms with Crippen LogP contribution in [0.2, 0.25) is 5.02 Å². The van der Waals surface area contributed by atoms with Crippen LogP contribution in [0.15, 0.2) is 16.0 Å². The number of hydrogen-bond acceptors (Lipinski definition) is 7. The first-order chi connectivity index (χ1) is 10.8. The number of benzene rings is 1. The number of nitriles is 1. The Labute approximate surface area is 138 Å². The predicted molar refractivity (Wildman–Crippen MR) is 84.9 cm³/mol. The highest BCUT2D eigenvalue weighted by molar-refractivity contribution is 7.98. The fourth-order valence-electron chi connectivity index (χ4n) is 1.97. The fraction of sp³-hybridized carbons (Fsp3) is 0.154. The van der Waals surface area contributed by atoms with Gasteiger partial charge < -0.3 is 10.1 Å². The van der Waals surface area contributed by atoms with E-state index in [9.17, 15) is 20.0 Å². The third-order valence-corrected chi connectivity index (χ3v) is 4.08. The molecule has 0 aliphatic rings. The van der Waals surface area contributed by atoms with Gasteiger partial charge in [-0.05, 0) is 19.2 Å². The Kier molecular flexibility index (Phi) is 4.58. The number of thioether (sulfide) groups is 1. The molecule has 0 amide bonds. The van der Waals surface area contributed by atoms with E-state index in [1.807, 2.05) is 0 Å². The molecule has 2 aromatic rings. The smallest absolute Gasteiger partial charge is 0.315 e. The van der Waals surface area contributed by atoms with E-state index in [1.54, 1.807) is 12.3 Å². The van der Waals surface area contributed by atoms with Crippen molar-refractivity contribution in [1.29, 1.82) is 5.26 Å². The van der Waals surface area contributed by atoms with E-state index >= 15 is 0 Å². The number of phenolic OH excluding ortho intramolecular Hbond substituents is 1. The molecule has 0 aliphatic carbocycles. The number of nitro benzene ring substituents is 1. The Morgan fingerprint density at radius 2 is 2.22 bits per heavy atom. The summed E-state index contributed by atoms with van der Waals surface area (Å²) in [4.78, 5) is 28.8. The summed E-state index contributed by atoms with van der Waals surface area (Å²) in [7, 11) is 0. The number of rotatable bonds is 3. The van der Waals surface area contributed by atoms with Gasteiger partial charge in [0.05, 0.1) is 15.5 Å². The van der Waals surface area contributed by atoms with Gasteiger partial charge in [-0.3, -0.25) is 14.9 Å². The minimum Gasteiger partial charge on any atom is -0.502 e. The number of aromatic nitrogens is 2. The Morgan fingerprint density at radius 1 is 1.57 bits per heavy atom. The van der Waals surface area contributed by atoms with Gasteiger partial charge in [0.25, 0.3) is 5.56 Å². The maximum Gasteiger partial charge on any atom is 0.315 e. The molecule has 0 unspecified atom stereocenters. The summed E-state index contributed by atoms with van der Waals surface area (Å²) >= 11 is 7.09. The number of phenols is 1. The van der Waals surface area contributed by atoms with Gasteiger partial charge in [0.2, 0.25) is 5.75 Å². The number of halogens is 1. The van der Waals surface area contributed by atoms with Crippen molar-refractivity contribution in [3.8, 4) is 23.1 Å². The second kappa shape index (κ2) is 6.28. The summed E-state index contributed by atoms with van der Waals surface area (Å²) in [6.07, 6.45) is 1.65. The highest BCUT2D eigenvalue weighted by atomic mass is 35.5. The number of nitro groups is 1. The predicted octanol–water partition coefficient (Wildman–Crippen LogP) is 2.61. The number of aromatic hydroxyl groups is 1. The average molecular weight is 353 g/mol. The van der Waals surface area contributed by atoms with Gasteiger partial charge in [-0.2, -0.15) is 5.26 Å². The first-order valence-corrected chi connectivity index (χ1v) is 7.67. The third-order valence-electron chi connectivity index (χ3n) is 3.10. The normalized spacial score (nSPS) is 10.3. The lowest BCUT2D eigenvalue weighted by atomic mass is 10.0. The van der Waals surface area contributed by atoms with Crippen molar-refractivity contribution < 1.29 is 10.0 Å². The van der Waals surface area contributed by atoms with Crippen LogP contribution in [0.1, 0.15) is 11.1 Å². The van der Waals surface area contributed by atoms with Gasteiger partial charge in [0.1, 0.15) is 17.3 Å². The van der Waals surface area contributed by atoms with Crippen molar-refractivity contribution in [1.82, 2.24) is 9.97 Å². The van der Waals surface area contributed by atoms with Gasteiger partial charge in [-0.15, -0.1) is 0 Å². The summed E-state index contributed by atoms with van der Waals surface area (Å²) in [5.74, 6) is -0.696. The molecule has 0 saturated heterocycles. The molecule has 2 N–H and O–H groups in total. The van der Waals surface area contributed by atoms with Crippen LogP contribution in [-0.2, 0) is 0 Å². The topological polar surface area (TPSA) is 133 Å². The molecule has 1 aromatic carbocycles. The van der Waals surface area contributed by atoms with E-state index < -0.39 is 21.9 Å². The molecule has 0 atom stereocenters. The molecule has 0 spiro atoms. The molecule has 1 aromatic heterocycles. The van der Waals surface area contributed by atoms with Crippen LogP contribution in [0, 0.1) is 28.4 Å². The second-order valence-corrected chi connectivity index (χ2v) is 5.60. The number of nitrogens with zero attached hydrogens (tertiary/aromatic N) is 3. The minimum absolute atomic E-state index is 0.0150. The van der Waals surface area contributed by atoms with E-state index in [1.165, 1.54) is 13.0 Å². The fourth-order valence-corrected chi connectivity index (χ4v) is 2.55. The van der Waals surface area contributed by atoms with Crippen LogP contribution in [0.4, 0.5) is 5.69 Å². The minimum atomic E-state index is -0.783. The highest BCUT2D eigenvalue weighted by Crippen LogP contribution is 2.42. The zero-order valence-electron chi connectivity index (χ0n) is 11.9. The molecule has 0 saturated carbocycles. The lowest BCUT2D eigenvalue weighted by molar-refractivity contribution is -0.386. The summed E-state index contributed by atoms with van der Waals surface area (Å²) in [5.41, 5.74) is -1.91. The number of aromatic amines is 1. The molecule has 0 aliphatic heterocycles. The molecule has 0 fully saturated rings. The molecule has 2 rings (SSSR count). The van der Waals surface area contributed by atoms with Gasteiger partial charge in [0, 0.05) is 5.56 Å². The van der Waals surface area contributed by atoms with Crippen LogP contribution in [0.3, 0.4) is 0 Å². The molecule has 10 heteroatoms. The summed E-state index contributed by atoms with van der Waals surface area (Å²) < 4.78 is 0. The Morgan fingerprint density at radius 3 is 2.74 bits per heavy atom. The van der Waals surface area contributed by atoms with Crippen molar-refractivity contribution >= 4 is 29.1 Å². The lowest BCUT2D eigenvalue weighted by Gasteiger charge is -2.10. The Hall–Kier alpha value is -2.57. The first kappa shape index (κ1) is 16.8. The van der Waals surface area contributed by atoms with E-state index in [2.05, 4.69) is 9.97 Å². The Balaban J connectivity index is 2.94. The summed E-state index contributed by atoms with van der Waals surface area (Å²) in [5, 5.41) is 30.7. The molecule has 8 nitrogen and oxygen atoms in total. The lowest BCUT2D eigenvalue weighted by Crippen LogP contribution is -2.14. The monoisotopic (exact) mass is 352 g/mol. The average Bonchev–Trinajstić information content (AvgIpc) is 2.49. The van der Waals surface area contributed by atoms with E-state index in [4.69, 9.17) is 16.9 Å². The molecule has 0 radical (unpaired) electrons. The van der Waals surface area contributed by atoms with Crippen LogP contribution < -0.4 is 5.56 Å². The molecular formula is C13H9ClN4O4S. The van der Waals surface area contributed by atoms with Crippen molar-refractivity contribution in [3.05, 3.63) is 42.7 Å². The van der Waals surface area contributed by atoms with E-state index in [0.717, 1.165) is 11.8 Å². The quantitative estimate of drug-likeness (QED) is 0.375. The molecule has 23 heavy (non-hydrogen) atoms. The van der Waals surface area contributed by atoms with Crippen molar-refractivity contribution in [2.75, 3.05) is 6.26 Å².